The second-order valence-corrected chi connectivity index (χ2v) is 5.17. The number of carbonyl (C=O) groups is 1. The summed E-state index contributed by atoms with van der Waals surface area (Å²) in [5.41, 5.74) is 3.49. The van der Waals surface area contributed by atoms with Crippen molar-refractivity contribution in [2.75, 3.05) is 6.61 Å². The van der Waals surface area contributed by atoms with E-state index in [0.717, 1.165) is 6.42 Å². The number of esters is 1. The zero-order chi connectivity index (χ0) is 13.0. The van der Waals surface area contributed by atoms with Crippen LogP contribution in [-0.4, -0.2) is 12.6 Å². The van der Waals surface area contributed by atoms with Crippen molar-refractivity contribution in [3.8, 4) is 0 Å². The number of allylic oxidation sites excluding steroid dienone is 3. The van der Waals surface area contributed by atoms with Gasteiger partial charge in [0, 0.05) is 5.57 Å². The van der Waals surface area contributed by atoms with Gasteiger partial charge in [-0.05, 0) is 57.1 Å². The molecular weight excluding hydrogens is 212 g/mol. The topological polar surface area (TPSA) is 26.3 Å². The lowest BCUT2D eigenvalue weighted by molar-refractivity contribution is -0.138. The molecule has 0 aromatic heterocycles. The van der Waals surface area contributed by atoms with Crippen molar-refractivity contribution in [2.24, 2.45) is 11.8 Å². The summed E-state index contributed by atoms with van der Waals surface area (Å²) in [7, 11) is 0. The highest BCUT2D eigenvalue weighted by atomic mass is 16.5. The van der Waals surface area contributed by atoms with Gasteiger partial charge in [-0.1, -0.05) is 19.4 Å². The fraction of sp³-hybridized carbons (Fsp3) is 0.667. The Morgan fingerprint density at radius 3 is 2.71 bits per heavy atom. The Morgan fingerprint density at radius 1 is 1.53 bits per heavy atom. The molecular formula is C15H24O2. The molecule has 0 N–H and O–H groups in total. The Labute approximate surface area is 105 Å². The van der Waals surface area contributed by atoms with E-state index in [4.69, 9.17) is 4.74 Å². The molecule has 0 aromatic carbocycles. The van der Waals surface area contributed by atoms with Gasteiger partial charge in [-0.3, -0.25) is 0 Å². The van der Waals surface area contributed by atoms with Crippen LogP contribution in [-0.2, 0) is 9.53 Å². The van der Waals surface area contributed by atoms with E-state index in [2.05, 4.69) is 20.8 Å². The normalized spacial score (nSPS) is 21.3. The summed E-state index contributed by atoms with van der Waals surface area (Å²) in [6.07, 6.45) is 4.40. The molecule has 0 radical (unpaired) electrons. The lowest BCUT2D eigenvalue weighted by Gasteiger charge is -2.17. The van der Waals surface area contributed by atoms with Crippen molar-refractivity contribution < 1.29 is 9.53 Å². The van der Waals surface area contributed by atoms with Crippen LogP contribution in [0.4, 0.5) is 0 Å². The summed E-state index contributed by atoms with van der Waals surface area (Å²) in [5.74, 6) is 1.04. The van der Waals surface area contributed by atoms with Crippen molar-refractivity contribution in [3.63, 3.8) is 0 Å². The summed E-state index contributed by atoms with van der Waals surface area (Å²) in [6, 6.07) is 0. The molecule has 0 aromatic rings. The van der Waals surface area contributed by atoms with Crippen LogP contribution >= 0.6 is 0 Å². The van der Waals surface area contributed by atoms with E-state index < -0.39 is 0 Å². The standard InChI is InChI=1S/C15H24O2/c1-6-17-15(16)12(5)9-14-11(4)7-8-13(14)10(2)3/h9-10,13H,6-8H2,1-5H3. The molecule has 96 valence electrons. The Balaban J connectivity index is 2.87. The van der Waals surface area contributed by atoms with Gasteiger partial charge in [-0.15, -0.1) is 0 Å². The third-order valence-corrected chi connectivity index (χ3v) is 3.50. The quantitative estimate of drug-likeness (QED) is 0.547. The van der Waals surface area contributed by atoms with Gasteiger partial charge in [-0.25, -0.2) is 4.79 Å². The van der Waals surface area contributed by atoms with Gasteiger partial charge in [0.2, 0.25) is 0 Å². The van der Waals surface area contributed by atoms with Crippen molar-refractivity contribution in [3.05, 3.63) is 22.8 Å². The van der Waals surface area contributed by atoms with Crippen LogP contribution < -0.4 is 0 Å². The third-order valence-electron chi connectivity index (χ3n) is 3.50. The van der Waals surface area contributed by atoms with Crippen LogP contribution in [0.2, 0.25) is 0 Å². The largest absolute Gasteiger partial charge is 0.463 e. The zero-order valence-corrected chi connectivity index (χ0v) is 11.7. The van der Waals surface area contributed by atoms with Gasteiger partial charge < -0.3 is 4.74 Å². The average Bonchev–Trinajstić information content (AvgIpc) is 2.61. The van der Waals surface area contributed by atoms with Crippen LogP contribution in [0.5, 0.6) is 0 Å². The Kier molecular flexibility index (Phi) is 4.98. The lowest BCUT2D eigenvalue weighted by atomic mass is 9.88. The van der Waals surface area contributed by atoms with Gasteiger partial charge in [0.1, 0.15) is 0 Å². The molecule has 0 bridgehead atoms. The molecule has 0 aliphatic heterocycles. The minimum Gasteiger partial charge on any atom is -0.463 e. The zero-order valence-electron chi connectivity index (χ0n) is 11.7. The van der Waals surface area contributed by atoms with E-state index in [1.165, 1.54) is 17.6 Å². The lowest BCUT2D eigenvalue weighted by Crippen LogP contribution is -2.09. The van der Waals surface area contributed by atoms with Crippen LogP contribution in [0, 0.1) is 11.8 Å². The second-order valence-electron chi connectivity index (χ2n) is 5.17. The van der Waals surface area contributed by atoms with E-state index in [0.29, 0.717) is 24.0 Å². The van der Waals surface area contributed by atoms with Gasteiger partial charge in [0.25, 0.3) is 0 Å². The Bertz CT molecular complexity index is 348. The van der Waals surface area contributed by atoms with E-state index in [1.807, 2.05) is 19.9 Å². The summed E-state index contributed by atoms with van der Waals surface area (Å²) in [6.45, 7) is 10.8. The molecule has 0 heterocycles. The van der Waals surface area contributed by atoms with E-state index in [9.17, 15) is 4.79 Å². The molecule has 17 heavy (non-hydrogen) atoms. The number of hydrogen-bond donors (Lipinski definition) is 0. The molecule has 0 saturated carbocycles. The first-order valence-electron chi connectivity index (χ1n) is 6.52. The smallest absolute Gasteiger partial charge is 0.333 e. The molecule has 0 spiro atoms. The van der Waals surface area contributed by atoms with E-state index in [-0.39, 0.29) is 5.97 Å². The first-order valence-corrected chi connectivity index (χ1v) is 6.52. The highest BCUT2D eigenvalue weighted by Gasteiger charge is 2.25. The van der Waals surface area contributed by atoms with Gasteiger partial charge in [0.05, 0.1) is 6.61 Å². The molecule has 0 saturated heterocycles. The monoisotopic (exact) mass is 236 g/mol. The molecule has 1 aliphatic carbocycles. The fourth-order valence-corrected chi connectivity index (χ4v) is 2.45. The minimum absolute atomic E-state index is 0.192. The van der Waals surface area contributed by atoms with Gasteiger partial charge in [-0.2, -0.15) is 0 Å². The molecule has 0 amide bonds. The molecule has 0 fully saturated rings. The predicted molar refractivity (Wildman–Crippen MR) is 70.7 cm³/mol. The van der Waals surface area contributed by atoms with Crippen molar-refractivity contribution in [2.45, 2.75) is 47.5 Å². The number of rotatable bonds is 4. The highest BCUT2D eigenvalue weighted by molar-refractivity contribution is 5.88. The maximum atomic E-state index is 11.6. The second kappa shape index (κ2) is 6.04. The van der Waals surface area contributed by atoms with E-state index in [1.54, 1.807) is 0 Å². The summed E-state index contributed by atoms with van der Waals surface area (Å²) in [4.78, 5) is 11.6. The maximum Gasteiger partial charge on any atom is 0.333 e. The minimum atomic E-state index is -0.192. The average molecular weight is 236 g/mol. The number of carbonyl (C=O) groups excluding carboxylic acids is 1. The van der Waals surface area contributed by atoms with Crippen LogP contribution in [0.25, 0.3) is 0 Å². The maximum absolute atomic E-state index is 11.6. The molecule has 1 atom stereocenters. The van der Waals surface area contributed by atoms with Crippen molar-refractivity contribution in [1.82, 2.24) is 0 Å². The van der Waals surface area contributed by atoms with Crippen LogP contribution in [0.3, 0.4) is 0 Å². The predicted octanol–water partition coefficient (Wildman–Crippen LogP) is 3.88. The number of ether oxygens (including phenoxy) is 1. The molecule has 2 nitrogen and oxygen atoms in total. The summed E-state index contributed by atoms with van der Waals surface area (Å²) in [5, 5.41) is 0. The Morgan fingerprint density at radius 2 is 2.18 bits per heavy atom. The summed E-state index contributed by atoms with van der Waals surface area (Å²) < 4.78 is 5.02. The molecule has 2 heteroatoms. The van der Waals surface area contributed by atoms with E-state index >= 15 is 0 Å². The highest BCUT2D eigenvalue weighted by Crippen LogP contribution is 2.37. The third kappa shape index (κ3) is 3.45. The number of hydrogen-bond acceptors (Lipinski definition) is 2. The summed E-state index contributed by atoms with van der Waals surface area (Å²) >= 11 is 0. The van der Waals surface area contributed by atoms with Crippen molar-refractivity contribution in [1.29, 1.82) is 0 Å². The first-order chi connectivity index (χ1) is 7.97. The first kappa shape index (κ1) is 14.0. The molecule has 1 rings (SSSR count). The molecule has 1 aliphatic rings. The van der Waals surface area contributed by atoms with Crippen molar-refractivity contribution >= 4 is 5.97 Å². The molecule has 1 unspecified atom stereocenters. The van der Waals surface area contributed by atoms with Gasteiger partial charge in [0.15, 0.2) is 0 Å². The SMILES string of the molecule is CCOC(=O)C(C)=CC1=C(C)CCC1C(C)C. The Hall–Kier alpha value is -1.05. The van der Waals surface area contributed by atoms with Gasteiger partial charge >= 0.3 is 5.97 Å². The fourth-order valence-electron chi connectivity index (χ4n) is 2.45. The van der Waals surface area contributed by atoms with Crippen LogP contribution in [0.15, 0.2) is 22.8 Å². The van der Waals surface area contributed by atoms with Crippen LogP contribution in [0.1, 0.15) is 47.5 Å².